The summed E-state index contributed by atoms with van der Waals surface area (Å²) in [6.45, 7) is 2.19. The SMILES string of the molecule is CCCCC1CCCC(c2cc(F)c(C#N)c(F)c2)C1. The summed E-state index contributed by atoms with van der Waals surface area (Å²) in [5, 5.41) is 8.71. The Bertz CT molecular complexity index is 481. The third-order valence-electron chi connectivity index (χ3n) is 4.40. The molecule has 0 saturated heterocycles. The van der Waals surface area contributed by atoms with E-state index in [1.165, 1.54) is 37.8 Å². The summed E-state index contributed by atoms with van der Waals surface area (Å²) in [5.41, 5.74) is 0.257. The monoisotopic (exact) mass is 277 g/mol. The van der Waals surface area contributed by atoms with Gasteiger partial charge in [-0.15, -0.1) is 0 Å². The molecule has 0 N–H and O–H groups in total. The fourth-order valence-corrected chi connectivity index (χ4v) is 3.28. The van der Waals surface area contributed by atoms with Crippen LogP contribution in [0.15, 0.2) is 12.1 Å². The van der Waals surface area contributed by atoms with E-state index in [1.54, 1.807) is 6.07 Å². The van der Waals surface area contributed by atoms with Crippen molar-refractivity contribution in [3.63, 3.8) is 0 Å². The largest absolute Gasteiger partial charge is 0.205 e. The zero-order valence-corrected chi connectivity index (χ0v) is 12.0. The van der Waals surface area contributed by atoms with Gasteiger partial charge in [0.2, 0.25) is 0 Å². The van der Waals surface area contributed by atoms with Crippen molar-refractivity contribution in [3.05, 3.63) is 34.9 Å². The van der Waals surface area contributed by atoms with Crippen molar-refractivity contribution in [1.29, 1.82) is 5.26 Å². The lowest BCUT2D eigenvalue weighted by Crippen LogP contribution is -2.15. The van der Waals surface area contributed by atoms with Crippen LogP contribution in [-0.2, 0) is 0 Å². The van der Waals surface area contributed by atoms with Crippen molar-refractivity contribution >= 4 is 0 Å². The van der Waals surface area contributed by atoms with Gasteiger partial charge in [-0.05, 0) is 42.4 Å². The topological polar surface area (TPSA) is 23.8 Å². The molecule has 1 saturated carbocycles. The first-order valence-corrected chi connectivity index (χ1v) is 7.54. The highest BCUT2D eigenvalue weighted by molar-refractivity contribution is 5.36. The lowest BCUT2D eigenvalue weighted by molar-refractivity contribution is 0.299. The minimum absolute atomic E-state index is 0.238. The van der Waals surface area contributed by atoms with Gasteiger partial charge in [0.05, 0.1) is 0 Å². The molecule has 1 aliphatic rings. The molecule has 0 aromatic heterocycles. The van der Waals surface area contributed by atoms with Crippen molar-refractivity contribution in [2.75, 3.05) is 0 Å². The fraction of sp³-hybridized carbons (Fsp3) is 0.588. The Labute approximate surface area is 119 Å². The maximum Gasteiger partial charge on any atom is 0.144 e. The Kier molecular flexibility index (Phi) is 5.11. The molecule has 1 nitrogen and oxygen atoms in total. The van der Waals surface area contributed by atoms with Crippen molar-refractivity contribution in [3.8, 4) is 6.07 Å². The third kappa shape index (κ3) is 3.36. The molecule has 0 amide bonds. The van der Waals surface area contributed by atoms with Crippen LogP contribution < -0.4 is 0 Å². The van der Waals surface area contributed by atoms with Crippen LogP contribution in [0.1, 0.15) is 68.9 Å². The summed E-state index contributed by atoms with van der Waals surface area (Å²) in [6, 6.07) is 4.29. The molecule has 1 aromatic carbocycles. The molecule has 1 aromatic rings. The van der Waals surface area contributed by atoms with Crippen LogP contribution in [0.3, 0.4) is 0 Å². The predicted molar refractivity (Wildman–Crippen MR) is 75.3 cm³/mol. The number of nitriles is 1. The number of unbranched alkanes of at least 4 members (excludes halogenated alkanes) is 1. The number of rotatable bonds is 4. The van der Waals surface area contributed by atoms with Crippen LogP contribution in [0.25, 0.3) is 0 Å². The Morgan fingerprint density at radius 3 is 2.55 bits per heavy atom. The highest BCUT2D eigenvalue weighted by atomic mass is 19.1. The van der Waals surface area contributed by atoms with E-state index in [9.17, 15) is 8.78 Å². The minimum atomic E-state index is -0.724. The van der Waals surface area contributed by atoms with Gasteiger partial charge in [0.25, 0.3) is 0 Å². The first kappa shape index (κ1) is 15.0. The second-order valence-corrected chi connectivity index (χ2v) is 5.84. The second kappa shape index (κ2) is 6.83. The molecule has 3 heteroatoms. The number of hydrogen-bond donors (Lipinski definition) is 0. The van der Waals surface area contributed by atoms with Crippen molar-refractivity contribution in [2.45, 2.75) is 57.8 Å². The minimum Gasteiger partial charge on any atom is -0.205 e. The van der Waals surface area contributed by atoms with Gasteiger partial charge < -0.3 is 0 Å². The Balaban J connectivity index is 2.13. The Morgan fingerprint density at radius 1 is 1.25 bits per heavy atom. The molecule has 0 heterocycles. The molecule has 0 bridgehead atoms. The van der Waals surface area contributed by atoms with Gasteiger partial charge in [-0.1, -0.05) is 39.0 Å². The van der Waals surface area contributed by atoms with Gasteiger partial charge in [-0.2, -0.15) is 5.26 Å². The lowest BCUT2D eigenvalue weighted by Gasteiger charge is -2.29. The van der Waals surface area contributed by atoms with Crippen molar-refractivity contribution < 1.29 is 8.78 Å². The first-order valence-electron chi connectivity index (χ1n) is 7.54. The van der Waals surface area contributed by atoms with Crippen molar-refractivity contribution in [2.24, 2.45) is 5.92 Å². The fourth-order valence-electron chi connectivity index (χ4n) is 3.28. The summed E-state index contributed by atoms with van der Waals surface area (Å²) in [5.74, 6) is -0.533. The molecule has 1 fully saturated rings. The molecule has 2 atom stereocenters. The van der Waals surface area contributed by atoms with E-state index in [0.29, 0.717) is 5.92 Å². The summed E-state index contributed by atoms with van der Waals surface area (Å²) >= 11 is 0. The van der Waals surface area contributed by atoms with E-state index >= 15 is 0 Å². The van der Waals surface area contributed by atoms with E-state index in [4.69, 9.17) is 5.26 Å². The normalized spacial score (nSPS) is 22.5. The van der Waals surface area contributed by atoms with Gasteiger partial charge in [0, 0.05) is 0 Å². The third-order valence-corrected chi connectivity index (χ3v) is 4.40. The zero-order chi connectivity index (χ0) is 14.5. The first-order chi connectivity index (χ1) is 9.65. The molecule has 108 valence electrons. The van der Waals surface area contributed by atoms with E-state index < -0.39 is 17.2 Å². The maximum absolute atomic E-state index is 13.7. The number of hydrogen-bond acceptors (Lipinski definition) is 1. The molecule has 2 rings (SSSR count). The van der Waals surface area contributed by atoms with E-state index in [1.807, 2.05) is 0 Å². The van der Waals surface area contributed by atoms with Gasteiger partial charge in [0.1, 0.15) is 23.3 Å². The van der Waals surface area contributed by atoms with Gasteiger partial charge in [0.15, 0.2) is 0 Å². The molecule has 0 aliphatic heterocycles. The van der Waals surface area contributed by atoms with E-state index in [2.05, 4.69) is 6.92 Å². The maximum atomic E-state index is 13.7. The Morgan fingerprint density at radius 2 is 1.95 bits per heavy atom. The van der Waals surface area contributed by atoms with Gasteiger partial charge in [-0.25, -0.2) is 8.78 Å². The highest BCUT2D eigenvalue weighted by Gasteiger charge is 2.24. The van der Waals surface area contributed by atoms with E-state index in [0.717, 1.165) is 24.8 Å². The zero-order valence-electron chi connectivity index (χ0n) is 12.0. The van der Waals surface area contributed by atoms with Crippen LogP contribution in [0.4, 0.5) is 8.78 Å². The number of nitrogens with zero attached hydrogens (tertiary/aromatic N) is 1. The molecule has 2 unspecified atom stereocenters. The molecular weight excluding hydrogens is 256 g/mol. The molecule has 1 aliphatic carbocycles. The highest BCUT2D eigenvalue weighted by Crippen LogP contribution is 2.39. The molecule has 0 spiro atoms. The molecule has 0 radical (unpaired) electrons. The predicted octanol–water partition coefficient (Wildman–Crippen LogP) is 5.30. The van der Waals surface area contributed by atoms with Crippen LogP contribution in [0, 0.1) is 28.9 Å². The average molecular weight is 277 g/mol. The van der Waals surface area contributed by atoms with Crippen LogP contribution in [-0.4, -0.2) is 0 Å². The Hall–Kier alpha value is -1.43. The standard InChI is InChI=1S/C17H21F2N/c1-2-3-5-12-6-4-7-13(8-12)14-9-16(18)15(11-20)17(19)10-14/h9-10,12-13H,2-8H2,1H3. The van der Waals surface area contributed by atoms with Gasteiger partial charge in [-0.3, -0.25) is 0 Å². The van der Waals surface area contributed by atoms with E-state index in [-0.39, 0.29) is 5.92 Å². The molecular formula is C17H21F2N. The van der Waals surface area contributed by atoms with Crippen LogP contribution in [0.2, 0.25) is 0 Å². The second-order valence-electron chi connectivity index (χ2n) is 5.84. The number of halogens is 2. The van der Waals surface area contributed by atoms with Gasteiger partial charge >= 0.3 is 0 Å². The summed E-state index contributed by atoms with van der Waals surface area (Å²) < 4.78 is 27.4. The average Bonchev–Trinajstić information content (AvgIpc) is 2.45. The van der Waals surface area contributed by atoms with Crippen LogP contribution in [0.5, 0.6) is 0 Å². The lowest BCUT2D eigenvalue weighted by atomic mass is 9.76. The summed E-state index contributed by atoms with van der Waals surface area (Å²) in [6.07, 6.45) is 8.02. The smallest absolute Gasteiger partial charge is 0.144 e. The quantitative estimate of drug-likeness (QED) is 0.732. The number of benzene rings is 1. The summed E-state index contributed by atoms with van der Waals surface area (Å²) in [7, 11) is 0. The molecule has 20 heavy (non-hydrogen) atoms. The van der Waals surface area contributed by atoms with Crippen molar-refractivity contribution in [1.82, 2.24) is 0 Å². The van der Waals surface area contributed by atoms with Crippen LogP contribution >= 0.6 is 0 Å². The summed E-state index contributed by atoms with van der Waals surface area (Å²) in [4.78, 5) is 0.